The second-order valence-electron chi connectivity index (χ2n) is 4.71. The molecule has 0 aliphatic rings. The zero-order valence-corrected chi connectivity index (χ0v) is 13.2. The third-order valence-electron chi connectivity index (χ3n) is 3.11. The number of aliphatic hydroxyl groups excluding tert-OH is 1. The Morgan fingerprint density at radius 3 is 1.86 bits per heavy atom. The van der Waals surface area contributed by atoms with Crippen molar-refractivity contribution in [3.63, 3.8) is 0 Å². The van der Waals surface area contributed by atoms with Crippen LogP contribution in [0.2, 0.25) is 0 Å². The molecule has 0 spiro atoms. The van der Waals surface area contributed by atoms with E-state index in [1.54, 1.807) is 6.92 Å². The number of hydrogen-bond acceptors (Lipinski definition) is 4. The molecule has 2 aromatic rings. The molecule has 22 heavy (non-hydrogen) atoms. The molecule has 0 saturated heterocycles. The lowest BCUT2D eigenvalue weighted by Crippen LogP contribution is -1.95. The minimum atomic E-state index is -3.96. The van der Waals surface area contributed by atoms with Crippen LogP contribution in [-0.2, 0) is 26.8 Å². The molecule has 0 aliphatic carbocycles. The molecule has 0 amide bonds. The summed E-state index contributed by atoms with van der Waals surface area (Å²) in [5.41, 5.74) is 3.70. The molecule has 6 heteroatoms. The fourth-order valence-electron chi connectivity index (χ4n) is 1.95. The molecule has 0 aromatic heterocycles. The quantitative estimate of drug-likeness (QED) is 0.763. The highest BCUT2D eigenvalue weighted by atomic mass is 31.2. The zero-order valence-electron chi connectivity index (χ0n) is 12.3. The molecule has 5 nitrogen and oxygen atoms in total. The maximum Gasteiger partial charge on any atom is 0.472 e. The Bertz CT molecular complexity index is 637. The molecule has 0 radical (unpaired) electrons. The molecule has 2 rings (SSSR count). The molecule has 0 bridgehead atoms. The Hall–Kier alpha value is -1.49. The summed E-state index contributed by atoms with van der Waals surface area (Å²) in [4.78, 5) is 9.35. The van der Waals surface area contributed by atoms with E-state index < -0.39 is 7.82 Å². The SMILES string of the molecule is CCOP(=O)(O)OCc1ccc(-c2ccc(CO)cc2)cc1. The summed E-state index contributed by atoms with van der Waals surface area (Å²) in [5.74, 6) is 0. The highest BCUT2D eigenvalue weighted by molar-refractivity contribution is 7.47. The Morgan fingerprint density at radius 2 is 1.41 bits per heavy atom. The smallest absolute Gasteiger partial charge is 0.392 e. The largest absolute Gasteiger partial charge is 0.472 e. The molecule has 0 saturated carbocycles. The third kappa shape index (κ3) is 4.77. The van der Waals surface area contributed by atoms with Gasteiger partial charge in [0.1, 0.15) is 0 Å². The molecule has 0 aliphatic heterocycles. The van der Waals surface area contributed by atoms with Crippen LogP contribution in [0.25, 0.3) is 11.1 Å². The van der Waals surface area contributed by atoms with Crippen molar-refractivity contribution in [2.75, 3.05) is 6.61 Å². The summed E-state index contributed by atoms with van der Waals surface area (Å²) in [7, 11) is -3.96. The second-order valence-corrected chi connectivity index (χ2v) is 6.17. The average molecular weight is 322 g/mol. The maximum atomic E-state index is 11.4. The predicted molar refractivity (Wildman–Crippen MR) is 84.0 cm³/mol. The summed E-state index contributed by atoms with van der Waals surface area (Å²) in [6, 6.07) is 15.1. The zero-order chi connectivity index (χ0) is 16.0. The van der Waals surface area contributed by atoms with Crippen LogP contribution in [0, 0.1) is 0 Å². The van der Waals surface area contributed by atoms with E-state index in [1.807, 2.05) is 48.5 Å². The highest BCUT2D eigenvalue weighted by Gasteiger charge is 2.19. The number of phosphoric ester groups is 1. The van der Waals surface area contributed by atoms with Gasteiger partial charge in [0.25, 0.3) is 0 Å². The first-order chi connectivity index (χ1) is 10.5. The topological polar surface area (TPSA) is 76.0 Å². The number of phosphoric acid groups is 1. The minimum absolute atomic E-state index is 0.0114. The Balaban J connectivity index is 2.02. The molecule has 118 valence electrons. The maximum absolute atomic E-state index is 11.4. The van der Waals surface area contributed by atoms with Crippen LogP contribution in [0.5, 0.6) is 0 Å². The van der Waals surface area contributed by atoms with E-state index in [0.717, 1.165) is 22.3 Å². The first kappa shape index (κ1) is 16.9. The van der Waals surface area contributed by atoms with Gasteiger partial charge in [0.15, 0.2) is 0 Å². The van der Waals surface area contributed by atoms with Crippen molar-refractivity contribution in [1.29, 1.82) is 0 Å². The van der Waals surface area contributed by atoms with Gasteiger partial charge in [-0.25, -0.2) is 4.57 Å². The molecule has 0 heterocycles. The summed E-state index contributed by atoms with van der Waals surface area (Å²) in [6.07, 6.45) is 0. The summed E-state index contributed by atoms with van der Waals surface area (Å²) < 4.78 is 21.0. The van der Waals surface area contributed by atoms with E-state index >= 15 is 0 Å². The molecule has 1 atom stereocenters. The molecule has 1 unspecified atom stereocenters. The molecule has 2 N–H and O–H groups in total. The van der Waals surface area contributed by atoms with Crippen molar-refractivity contribution in [1.82, 2.24) is 0 Å². The van der Waals surface area contributed by atoms with E-state index in [0.29, 0.717) is 0 Å². The van der Waals surface area contributed by atoms with E-state index in [2.05, 4.69) is 4.52 Å². The van der Waals surface area contributed by atoms with Crippen LogP contribution in [-0.4, -0.2) is 16.6 Å². The lowest BCUT2D eigenvalue weighted by atomic mass is 10.0. The molecule has 0 fully saturated rings. The van der Waals surface area contributed by atoms with E-state index in [1.165, 1.54) is 0 Å². The van der Waals surface area contributed by atoms with Gasteiger partial charge in [-0.05, 0) is 29.2 Å². The Labute approximate surface area is 129 Å². The number of rotatable bonds is 7. The lowest BCUT2D eigenvalue weighted by molar-refractivity contribution is 0.149. The van der Waals surface area contributed by atoms with Crippen molar-refractivity contribution in [2.24, 2.45) is 0 Å². The van der Waals surface area contributed by atoms with Gasteiger partial charge in [0.2, 0.25) is 0 Å². The van der Waals surface area contributed by atoms with Crippen LogP contribution in [0.15, 0.2) is 48.5 Å². The monoisotopic (exact) mass is 322 g/mol. The fraction of sp³-hybridized carbons (Fsp3) is 0.250. The number of benzene rings is 2. The van der Waals surface area contributed by atoms with Crippen molar-refractivity contribution < 1.29 is 23.6 Å². The van der Waals surface area contributed by atoms with Crippen LogP contribution in [0.3, 0.4) is 0 Å². The normalized spacial score (nSPS) is 13.8. The minimum Gasteiger partial charge on any atom is -0.392 e. The van der Waals surface area contributed by atoms with Gasteiger partial charge < -0.3 is 10.00 Å². The van der Waals surface area contributed by atoms with Gasteiger partial charge >= 0.3 is 7.82 Å². The first-order valence-electron chi connectivity index (χ1n) is 6.95. The standard InChI is InChI=1S/C16H19O5P/c1-2-20-22(18,19)21-12-14-5-9-16(10-6-14)15-7-3-13(11-17)4-8-15/h3-10,17H,2,11-12H2,1H3,(H,18,19). The predicted octanol–water partition coefficient (Wildman–Crippen LogP) is 3.50. The van der Waals surface area contributed by atoms with Crippen molar-refractivity contribution in [3.8, 4) is 11.1 Å². The van der Waals surface area contributed by atoms with Gasteiger partial charge in [-0.3, -0.25) is 9.05 Å². The summed E-state index contributed by atoms with van der Waals surface area (Å²) >= 11 is 0. The highest BCUT2D eigenvalue weighted by Crippen LogP contribution is 2.43. The van der Waals surface area contributed by atoms with Gasteiger partial charge in [-0.15, -0.1) is 0 Å². The fourth-order valence-corrected chi connectivity index (χ4v) is 2.67. The Morgan fingerprint density at radius 1 is 0.909 bits per heavy atom. The van der Waals surface area contributed by atoms with E-state index in [-0.39, 0.29) is 19.8 Å². The van der Waals surface area contributed by atoms with Crippen LogP contribution in [0.4, 0.5) is 0 Å². The van der Waals surface area contributed by atoms with Crippen molar-refractivity contribution in [2.45, 2.75) is 20.1 Å². The second kappa shape index (κ2) is 7.68. The van der Waals surface area contributed by atoms with Crippen LogP contribution >= 0.6 is 7.82 Å². The van der Waals surface area contributed by atoms with Crippen LogP contribution in [0.1, 0.15) is 18.1 Å². The summed E-state index contributed by atoms with van der Waals surface area (Å²) in [6.45, 7) is 1.79. The van der Waals surface area contributed by atoms with Crippen molar-refractivity contribution in [3.05, 3.63) is 59.7 Å². The van der Waals surface area contributed by atoms with Crippen LogP contribution < -0.4 is 0 Å². The molecular formula is C16H19O5P. The summed E-state index contributed by atoms with van der Waals surface area (Å²) in [5, 5.41) is 9.03. The molecular weight excluding hydrogens is 303 g/mol. The van der Waals surface area contributed by atoms with Gasteiger partial charge in [0.05, 0.1) is 19.8 Å². The number of aliphatic hydroxyl groups is 1. The van der Waals surface area contributed by atoms with E-state index in [4.69, 9.17) is 9.63 Å². The third-order valence-corrected chi connectivity index (χ3v) is 4.15. The van der Waals surface area contributed by atoms with Gasteiger partial charge in [-0.2, -0.15) is 0 Å². The molecule has 2 aromatic carbocycles. The average Bonchev–Trinajstić information content (AvgIpc) is 2.54. The van der Waals surface area contributed by atoms with Gasteiger partial charge in [0, 0.05) is 0 Å². The van der Waals surface area contributed by atoms with Crippen molar-refractivity contribution >= 4 is 7.82 Å². The number of hydrogen-bond donors (Lipinski definition) is 2. The van der Waals surface area contributed by atoms with Gasteiger partial charge in [-0.1, -0.05) is 48.5 Å². The Kier molecular flexibility index (Phi) is 5.89. The first-order valence-corrected chi connectivity index (χ1v) is 8.44. The lowest BCUT2D eigenvalue weighted by Gasteiger charge is -2.11. The van der Waals surface area contributed by atoms with E-state index in [9.17, 15) is 9.46 Å².